The highest BCUT2D eigenvalue weighted by molar-refractivity contribution is 7.10. The number of carbonyl (C=O) groups excluding carboxylic acids is 2. The Morgan fingerprint density at radius 3 is 2.35 bits per heavy atom. The van der Waals surface area contributed by atoms with Gasteiger partial charge in [0.1, 0.15) is 0 Å². The monoisotopic (exact) mass is 380 g/mol. The van der Waals surface area contributed by atoms with Crippen LogP contribution < -0.4 is 5.32 Å². The maximum atomic E-state index is 12.4. The van der Waals surface area contributed by atoms with E-state index in [2.05, 4.69) is 33.5 Å². The zero-order valence-corrected chi connectivity index (χ0v) is 17.2. The van der Waals surface area contributed by atoms with Gasteiger partial charge in [0, 0.05) is 50.2 Å². The Kier molecular flexibility index (Phi) is 8.06. The fourth-order valence-corrected chi connectivity index (χ4v) is 4.53. The van der Waals surface area contributed by atoms with Crippen molar-refractivity contribution in [2.24, 2.45) is 0 Å². The molecule has 2 atom stereocenters. The number of hydrogen-bond acceptors (Lipinski definition) is 5. The number of piperazine rings is 1. The SMILES string of the molecule is CCN1CCN([C@@H](c2cccs2)[C@@H](C)NC(=O)C(=O)N(CC)CC)CC1. The Hall–Kier alpha value is -1.44. The summed E-state index contributed by atoms with van der Waals surface area (Å²) in [5.41, 5.74) is 0. The third kappa shape index (κ3) is 5.05. The zero-order chi connectivity index (χ0) is 19.1. The van der Waals surface area contributed by atoms with Crippen LogP contribution in [0.1, 0.15) is 38.6 Å². The fourth-order valence-electron chi connectivity index (χ4n) is 3.56. The van der Waals surface area contributed by atoms with Crippen molar-refractivity contribution in [1.82, 2.24) is 20.0 Å². The fraction of sp³-hybridized carbons (Fsp3) is 0.684. The summed E-state index contributed by atoms with van der Waals surface area (Å²) in [6.07, 6.45) is 0. The Balaban J connectivity index is 2.08. The van der Waals surface area contributed by atoms with Gasteiger partial charge >= 0.3 is 11.8 Å². The van der Waals surface area contributed by atoms with E-state index < -0.39 is 11.8 Å². The number of likely N-dealkylation sites (N-methyl/N-ethyl adjacent to an activating group) is 2. The molecule has 0 spiro atoms. The molecule has 26 heavy (non-hydrogen) atoms. The minimum absolute atomic E-state index is 0.0995. The molecule has 7 heteroatoms. The summed E-state index contributed by atoms with van der Waals surface area (Å²) in [5, 5.41) is 5.03. The molecule has 0 aliphatic carbocycles. The standard InChI is InChI=1S/C19H32N4O2S/c1-5-21-10-12-23(13-11-21)17(16-9-8-14-26-16)15(4)20-18(24)19(25)22(6-2)7-3/h8-9,14-15,17H,5-7,10-13H2,1-4H3,(H,20,24)/t15-,17-/m1/s1. The van der Waals surface area contributed by atoms with E-state index in [1.54, 1.807) is 16.2 Å². The van der Waals surface area contributed by atoms with Crippen LogP contribution in [0.25, 0.3) is 0 Å². The molecule has 0 saturated carbocycles. The number of carbonyl (C=O) groups is 2. The van der Waals surface area contributed by atoms with E-state index in [-0.39, 0.29) is 12.1 Å². The molecule has 0 bridgehead atoms. The van der Waals surface area contributed by atoms with Crippen LogP contribution in [0.5, 0.6) is 0 Å². The zero-order valence-electron chi connectivity index (χ0n) is 16.4. The second kappa shape index (κ2) is 10.0. The molecule has 1 aliphatic rings. The Morgan fingerprint density at radius 2 is 1.85 bits per heavy atom. The molecule has 0 aromatic carbocycles. The van der Waals surface area contributed by atoms with Crippen LogP contribution in [0.2, 0.25) is 0 Å². The third-order valence-electron chi connectivity index (χ3n) is 5.16. The first-order valence-electron chi connectivity index (χ1n) is 9.61. The smallest absolute Gasteiger partial charge is 0.311 e. The van der Waals surface area contributed by atoms with Crippen molar-refractivity contribution in [2.45, 2.75) is 39.8 Å². The molecule has 1 fully saturated rings. The van der Waals surface area contributed by atoms with Crippen LogP contribution in [-0.2, 0) is 9.59 Å². The van der Waals surface area contributed by atoms with Gasteiger partial charge in [-0.2, -0.15) is 0 Å². The van der Waals surface area contributed by atoms with Crippen LogP contribution in [0, 0.1) is 0 Å². The van der Waals surface area contributed by atoms with Crippen LogP contribution in [0.3, 0.4) is 0 Å². The van der Waals surface area contributed by atoms with Gasteiger partial charge in [0.2, 0.25) is 0 Å². The summed E-state index contributed by atoms with van der Waals surface area (Å²) in [7, 11) is 0. The Morgan fingerprint density at radius 1 is 1.19 bits per heavy atom. The van der Waals surface area contributed by atoms with Gasteiger partial charge in [-0.15, -0.1) is 11.3 Å². The minimum Gasteiger partial charge on any atom is -0.343 e. The number of amides is 2. The van der Waals surface area contributed by atoms with E-state index in [1.165, 1.54) is 4.88 Å². The maximum absolute atomic E-state index is 12.4. The highest BCUT2D eigenvalue weighted by Gasteiger charge is 2.32. The summed E-state index contributed by atoms with van der Waals surface area (Å²) >= 11 is 1.71. The molecular formula is C19H32N4O2S. The van der Waals surface area contributed by atoms with E-state index in [0.717, 1.165) is 32.7 Å². The second-order valence-corrected chi connectivity index (χ2v) is 7.65. The summed E-state index contributed by atoms with van der Waals surface area (Å²) in [6, 6.07) is 4.14. The van der Waals surface area contributed by atoms with Gasteiger partial charge in [0.15, 0.2) is 0 Å². The number of rotatable bonds is 7. The third-order valence-corrected chi connectivity index (χ3v) is 6.10. The van der Waals surface area contributed by atoms with Crippen LogP contribution in [-0.4, -0.2) is 78.4 Å². The van der Waals surface area contributed by atoms with Crippen LogP contribution >= 0.6 is 11.3 Å². The normalized spacial score (nSPS) is 18.3. The van der Waals surface area contributed by atoms with Crippen LogP contribution in [0.4, 0.5) is 0 Å². The predicted molar refractivity (Wildman–Crippen MR) is 106 cm³/mol. The average molecular weight is 381 g/mol. The average Bonchev–Trinajstić information content (AvgIpc) is 3.17. The Labute approximate surface area is 161 Å². The van der Waals surface area contributed by atoms with Gasteiger partial charge in [-0.25, -0.2) is 0 Å². The van der Waals surface area contributed by atoms with Gasteiger partial charge < -0.3 is 15.1 Å². The molecule has 1 N–H and O–H groups in total. The number of nitrogens with one attached hydrogen (secondary N) is 1. The summed E-state index contributed by atoms with van der Waals surface area (Å²) in [4.78, 5) is 32.4. The highest BCUT2D eigenvalue weighted by atomic mass is 32.1. The molecule has 1 aliphatic heterocycles. The number of hydrogen-bond donors (Lipinski definition) is 1. The Bertz CT molecular complexity index is 566. The quantitative estimate of drug-likeness (QED) is 0.733. The highest BCUT2D eigenvalue weighted by Crippen LogP contribution is 2.29. The molecule has 2 rings (SSSR count). The molecule has 1 aromatic heterocycles. The van der Waals surface area contributed by atoms with Crippen molar-refractivity contribution in [1.29, 1.82) is 0 Å². The number of nitrogens with zero attached hydrogens (tertiary/aromatic N) is 3. The minimum atomic E-state index is -0.505. The van der Waals surface area contributed by atoms with Crippen molar-refractivity contribution < 1.29 is 9.59 Å². The van der Waals surface area contributed by atoms with E-state index >= 15 is 0 Å². The van der Waals surface area contributed by atoms with Crippen molar-refractivity contribution in [3.8, 4) is 0 Å². The molecule has 6 nitrogen and oxygen atoms in total. The van der Waals surface area contributed by atoms with E-state index in [9.17, 15) is 9.59 Å². The first-order valence-corrected chi connectivity index (χ1v) is 10.5. The summed E-state index contributed by atoms with van der Waals surface area (Å²) in [6.45, 7) is 14.2. The van der Waals surface area contributed by atoms with Crippen molar-refractivity contribution in [3.05, 3.63) is 22.4 Å². The van der Waals surface area contributed by atoms with Gasteiger partial charge in [-0.1, -0.05) is 13.0 Å². The van der Waals surface area contributed by atoms with Gasteiger partial charge in [0.25, 0.3) is 0 Å². The largest absolute Gasteiger partial charge is 0.343 e. The lowest BCUT2D eigenvalue weighted by molar-refractivity contribution is -0.146. The van der Waals surface area contributed by atoms with Gasteiger partial charge in [-0.3, -0.25) is 14.5 Å². The van der Waals surface area contributed by atoms with Crippen molar-refractivity contribution in [3.63, 3.8) is 0 Å². The summed E-state index contributed by atoms with van der Waals surface area (Å²) < 4.78 is 0. The van der Waals surface area contributed by atoms with E-state index in [0.29, 0.717) is 13.1 Å². The van der Waals surface area contributed by atoms with E-state index in [1.807, 2.05) is 26.8 Å². The molecule has 1 aromatic rings. The molecule has 0 radical (unpaired) electrons. The van der Waals surface area contributed by atoms with Crippen LogP contribution in [0.15, 0.2) is 17.5 Å². The lowest BCUT2D eigenvalue weighted by atomic mass is 10.0. The lowest BCUT2D eigenvalue weighted by Gasteiger charge is -2.41. The van der Waals surface area contributed by atoms with E-state index in [4.69, 9.17) is 0 Å². The van der Waals surface area contributed by atoms with Gasteiger partial charge in [0.05, 0.1) is 6.04 Å². The first-order chi connectivity index (χ1) is 12.5. The molecule has 0 unspecified atom stereocenters. The van der Waals surface area contributed by atoms with Crippen molar-refractivity contribution in [2.75, 3.05) is 45.8 Å². The topological polar surface area (TPSA) is 55.9 Å². The summed E-state index contributed by atoms with van der Waals surface area (Å²) in [5.74, 6) is -0.947. The van der Waals surface area contributed by atoms with Crippen molar-refractivity contribution >= 4 is 23.2 Å². The second-order valence-electron chi connectivity index (χ2n) is 6.67. The molecular weight excluding hydrogens is 348 g/mol. The molecule has 2 heterocycles. The number of thiophene rings is 1. The van der Waals surface area contributed by atoms with Gasteiger partial charge in [-0.05, 0) is 38.8 Å². The molecule has 2 amide bonds. The molecule has 146 valence electrons. The predicted octanol–water partition coefficient (Wildman–Crippen LogP) is 1.80. The molecule has 1 saturated heterocycles. The first kappa shape index (κ1) is 20.9. The lowest BCUT2D eigenvalue weighted by Crippen LogP contribution is -2.54. The maximum Gasteiger partial charge on any atom is 0.311 e.